The molecule has 0 saturated carbocycles. The fourth-order valence-electron chi connectivity index (χ4n) is 1.24. The number of rotatable bonds is 3. The predicted molar refractivity (Wildman–Crippen MR) is 72.4 cm³/mol. The molecule has 0 saturated heterocycles. The highest BCUT2D eigenvalue weighted by molar-refractivity contribution is 7.17. The Bertz CT molecular complexity index is 530. The predicted octanol–water partition coefficient (Wildman–Crippen LogP) is 2.47. The maximum absolute atomic E-state index is 11.4. The summed E-state index contributed by atoms with van der Waals surface area (Å²) >= 11 is 3.09. The minimum atomic E-state index is -0.522. The van der Waals surface area contributed by atoms with Crippen molar-refractivity contribution < 1.29 is 4.79 Å². The van der Waals surface area contributed by atoms with Crippen molar-refractivity contribution in [3.63, 3.8) is 0 Å². The second-order valence-electron chi connectivity index (χ2n) is 3.73. The van der Waals surface area contributed by atoms with E-state index in [0.717, 1.165) is 10.6 Å². The van der Waals surface area contributed by atoms with Gasteiger partial charge in [0.05, 0.1) is 16.6 Å². The zero-order chi connectivity index (χ0) is 12.4. The molecule has 2 aromatic rings. The van der Waals surface area contributed by atoms with Crippen LogP contribution in [0.15, 0.2) is 17.5 Å². The van der Waals surface area contributed by atoms with Crippen molar-refractivity contribution >= 4 is 33.7 Å². The van der Waals surface area contributed by atoms with Gasteiger partial charge >= 0.3 is 0 Å². The third-order valence-electron chi connectivity index (χ3n) is 2.14. The molecule has 0 fully saturated rings. The lowest BCUT2D eigenvalue weighted by Crippen LogP contribution is -2.32. The van der Waals surface area contributed by atoms with E-state index in [9.17, 15) is 4.79 Å². The summed E-state index contributed by atoms with van der Waals surface area (Å²) in [5.74, 6) is -0.215. The fraction of sp³-hybridized carbons (Fsp3) is 0.273. The first-order valence-corrected chi connectivity index (χ1v) is 6.84. The van der Waals surface area contributed by atoms with Crippen molar-refractivity contribution in [2.75, 3.05) is 5.32 Å². The van der Waals surface area contributed by atoms with E-state index in [0.29, 0.717) is 5.13 Å². The number of amides is 1. The molecule has 2 aromatic heterocycles. The molecule has 1 atom stereocenters. The Labute approximate surface area is 107 Å². The van der Waals surface area contributed by atoms with Gasteiger partial charge in [0.15, 0.2) is 5.13 Å². The van der Waals surface area contributed by atoms with Gasteiger partial charge in [-0.05, 0) is 26.0 Å². The topological polar surface area (TPSA) is 68.0 Å². The Kier molecular flexibility index (Phi) is 3.56. The molecule has 17 heavy (non-hydrogen) atoms. The highest BCUT2D eigenvalue weighted by Crippen LogP contribution is 2.30. The third kappa shape index (κ3) is 2.91. The monoisotopic (exact) mass is 267 g/mol. The second-order valence-corrected chi connectivity index (χ2v) is 5.87. The standard InChI is InChI=1S/C11H13N3OS2/c1-6-3-4-9(17-6)8-5-16-11(13-8)14-10(15)7(2)12/h3-5,7H,12H2,1-2H3,(H,13,14,15)/t7-/m1/s1. The summed E-state index contributed by atoms with van der Waals surface area (Å²) in [5, 5.41) is 5.21. The van der Waals surface area contributed by atoms with E-state index in [4.69, 9.17) is 5.73 Å². The SMILES string of the molecule is Cc1ccc(-c2csc(NC(=O)[C@@H](C)N)n2)s1. The molecule has 2 heterocycles. The van der Waals surface area contributed by atoms with Gasteiger partial charge in [-0.25, -0.2) is 4.98 Å². The number of aromatic nitrogens is 1. The van der Waals surface area contributed by atoms with Crippen LogP contribution < -0.4 is 11.1 Å². The minimum Gasteiger partial charge on any atom is -0.320 e. The van der Waals surface area contributed by atoms with Crippen molar-refractivity contribution in [2.24, 2.45) is 5.73 Å². The van der Waals surface area contributed by atoms with Crippen molar-refractivity contribution in [3.05, 3.63) is 22.4 Å². The molecular weight excluding hydrogens is 254 g/mol. The molecule has 0 radical (unpaired) electrons. The molecule has 0 aliphatic rings. The van der Waals surface area contributed by atoms with Gasteiger partial charge in [0.2, 0.25) is 5.91 Å². The highest BCUT2D eigenvalue weighted by Gasteiger charge is 2.11. The lowest BCUT2D eigenvalue weighted by atomic mass is 10.3. The first kappa shape index (κ1) is 12.2. The summed E-state index contributed by atoms with van der Waals surface area (Å²) in [4.78, 5) is 18.1. The van der Waals surface area contributed by atoms with Crippen LogP contribution in [0.3, 0.4) is 0 Å². The Morgan fingerprint density at radius 1 is 1.53 bits per heavy atom. The zero-order valence-corrected chi connectivity index (χ0v) is 11.2. The van der Waals surface area contributed by atoms with E-state index in [1.807, 2.05) is 11.4 Å². The van der Waals surface area contributed by atoms with Crippen LogP contribution in [-0.4, -0.2) is 16.9 Å². The maximum Gasteiger partial charge on any atom is 0.242 e. The minimum absolute atomic E-state index is 0.215. The van der Waals surface area contributed by atoms with Gasteiger partial charge in [-0.3, -0.25) is 4.79 Å². The summed E-state index contributed by atoms with van der Waals surface area (Å²) in [6, 6.07) is 3.57. The van der Waals surface area contributed by atoms with E-state index >= 15 is 0 Å². The Morgan fingerprint density at radius 2 is 2.29 bits per heavy atom. The average Bonchev–Trinajstić information content (AvgIpc) is 2.86. The number of thiophene rings is 1. The second kappa shape index (κ2) is 4.95. The Morgan fingerprint density at radius 3 is 2.88 bits per heavy atom. The summed E-state index contributed by atoms with van der Waals surface area (Å²) in [7, 11) is 0. The largest absolute Gasteiger partial charge is 0.320 e. The summed E-state index contributed by atoms with van der Waals surface area (Å²) < 4.78 is 0. The summed E-state index contributed by atoms with van der Waals surface area (Å²) in [5.41, 5.74) is 6.37. The first-order valence-electron chi connectivity index (χ1n) is 5.15. The van der Waals surface area contributed by atoms with Crippen LogP contribution in [0.5, 0.6) is 0 Å². The summed E-state index contributed by atoms with van der Waals surface area (Å²) in [6.07, 6.45) is 0. The fourth-order valence-corrected chi connectivity index (χ4v) is 2.85. The third-order valence-corrected chi connectivity index (χ3v) is 3.92. The molecule has 3 N–H and O–H groups in total. The maximum atomic E-state index is 11.4. The Hall–Kier alpha value is -1.24. The molecule has 0 spiro atoms. The van der Waals surface area contributed by atoms with Gasteiger partial charge in [0.25, 0.3) is 0 Å². The van der Waals surface area contributed by atoms with Gasteiger partial charge < -0.3 is 11.1 Å². The molecule has 6 heteroatoms. The van der Waals surface area contributed by atoms with E-state index in [1.54, 1.807) is 18.3 Å². The average molecular weight is 267 g/mol. The number of carbonyl (C=O) groups is 1. The molecule has 0 bridgehead atoms. The number of thiazole rings is 1. The lowest BCUT2D eigenvalue weighted by molar-refractivity contribution is -0.117. The zero-order valence-electron chi connectivity index (χ0n) is 9.56. The number of hydrogen-bond acceptors (Lipinski definition) is 5. The Balaban J connectivity index is 2.14. The molecule has 0 aromatic carbocycles. The molecule has 1 amide bonds. The number of nitrogens with one attached hydrogen (secondary N) is 1. The van der Waals surface area contributed by atoms with Crippen LogP contribution in [0.25, 0.3) is 10.6 Å². The number of nitrogens with zero attached hydrogens (tertiary/aromatic N) is 1. The molecular formula is C11H13N3OS2. The number of carbonyl (C=O) groups excluding carboxylic acids is 1. The van der Waals surface area contributed by atoms with Crippen LogP contribution in [0.2, 0.25) is 0 Å². The van der Waals surface area contributed by atoms with Gasteiger partial charge in [0, 0.05) is 10.3 Å². The first-order chi connectivity index (χ1) is 8.06. The van der Waals surface area contributed by atoms with Crippen molar-refractivity contribution in [2.45, 2.75) is 19.9 Å². The van der Waals surface area contributed by atoms with E-state index in [-0.39, 0.29) is 5.91 Å². The van der Waals surface area contributed by atoms with Crippen LogP contribution in [0, 0.1) is 6.92 Å². The van der Waals surface area contributed by atoms with Crippen molar-refractivity contribution in [1.82, 2.24) is 4.98 Å². The molecule has 2 rings (SSSR count). The van der Waals surface area contributed by atoms with Crippen LogP contribution in [0.4, 0.5) is 5.13 Å². The number of aryl methyl sites for hydroxylation is 1. The number of anilines is 1. The van der Waals surface area contributed by atoms with Crippen LogP contribution >= 0.6 is 22.7 Å². The van der Waals surface area contributed by atoms with Gasteiger partial charge in [-0.1, -0.05) is 0 Å². The van der Waals surface area contributed by atoms with Crippen LogP contribution in [-0.2, 0) is 4.79 Å². The van der Waals surface area contributed by atoms with Gasteiger partial charge in [0.1, 0.15) is 0 Å². The molecule has 0 aliphatic carbocycles. The molecule has 4 nitrogen and oxygen atoms in total. The van der Waals surface area contributed by atoms with Gasteiger partial charge in [-0.2, -0.15) is 0 Å². The molecule has 0 unspecified atom stereocenters. The smallest absolute Gasteiger partial charge is 0.242 e. The van der Waals surface area contributed by atoms with Crippen molar-refractivity contribution in [3.8, 4) is 10.6 Å². The molecule has 0 aliphatic heterocycles. The normalized spacial score (nSPS) is 12.4. The highest BCUT2D eigenvalue weighted by atomic mass is 32.1. The van der Waals surface area contributed by atoms with Gasteiger partial charge in [-0.15, -0.1) is 22.7 Å². The van der Waals surface area contributed by atoms with E-state index in [1.165, 1.54) is 16.2 Å². The quantitative estimate of drug-likeness (QED) is 0.897. The van der Waals surface area contributed by atoms with Crippen LogP contribution in [0.1, 0.15) is 11.8 Å². The van der Waals surface area contributed by atoms with E-state index in [2.05, 4.69) is 23.3 Å². The van der Waals surface area contributed by atoms with E-state index < -0.39 is 6.04 Å². The van der Waals surface area contributed by atoms with Crippen molar-refractivity contribution in [1.29, 1.82) is 0 Å². The molecule has 90 valence electrons. The summed E-state index contributed by atoms with van der Waals surface area (Å²) in [6.45, 7) is 3.70. The number of hydrogen-bond donors (Lipinski definition) is 2. The lowest BCUT2D eigenvalue weighted by Gasteiger charge is -2.03. The number of nitrogens with two attached hydrogens (primary N) is 1.